The summed E-state index contributed by atoms with van der Waals surface area (Å²) in [4.78, 5) is 8.07. The van der Waals surface area contributed by atoms with Gasteiger partial charge >= 0.3 is 6.18 Å². The van der Waals surface area contributed by atoms with Crippen molar-refractivity contribution in [3.05, 3.63) is 53.3 Å². The molecule has 2 heterocycles. The van der Waals surface area contributed by atoms with E-state index in [0.717, 1.165) is 12.7 Å². The molecule has 1 atom stereocenters. The van der Waals surface area contributed by atoms with E-state index in [1.165, 1.54) is 24.5 Å². The first kappa shape index (κ1) is 19.9. The van der Waals surface area contributed by atoms with Gasteiger partial charge in [-0.25, -0.2) is 9.19 Å². The van der Waals surface area contributed by atoms with Crippen LogP contribution in [0.5, 0.6) is 5.88 Å². The van der Waals surface area contributed by atoms with Crippen LogP contribution in [0.2, 0.25) is 0 Å². The quantitative estimate of drug-likeness (QED) is 0.612. The van der Waals surface area contributed by atoms with Crippen LogP contribution in [0.4, 0.5) is 13.2 Å². The Morgan fingerprint density at radius 1 is 1.00 bits per heavy atom. The smallest absolute Gasteiger partial charge is 0.424 e. The van der Waals surface area contributed by atoms with Crippen LogP contribution in [-0.2, 0) is 17.0 Å². The van der Waals surface area contributed by atoms with Crippen molar-refractivity contribution >= 4 is 10.8 Å². The van der Waals surface area contributed by atoms with Gasteiger partial charge in [0.05, 0.1) is 19.5 Å². The third kappa shape index (κ3) is 3.86. The van der Waals surface area contributed by atoms with Crippen LogP contribution in [0.3, 0.4) is 0 Å². The lowest BCUT2D eigenvalue weighted by atomic mass is 10.2. The molecule has 3 aromatic rings. The minimum atomic E-state index is -4.86. The molecule has 3 rings (SSSR count). The van der Waals surface area contributed by atoms with Gasteiger partial charge in [-0.3, -0.25) is 0 Å². The Balaban J connectivity index is 2.28. The van der Waals surface area contributed by atoms with Gasteiger partial charge in [0.2, 0.25) is 5.88 Å². The average Bonchev–Trinajstić information content (AvgIpc) is 2.66. The predicted octanol–water partition coefficient (Wildman–Crippen LogP) is 3.74. The fourth-order valence-corrected chi connectivity index (χ4v) is 3.62. The van der Waals surface area contributed by atoms with Crippen molar-refractivity contribution in [2.75, 3.05) is 7.11 Å². The lowest BCUT2D eigenvalue weighted by molar-refractivity contribution is -0.141. The summed E-state index contributed by atoms with van der Waals surface area (Å²) in [5.41, 5.74) is 0.585. The molecule has 0 saturated carbocycles. The largest absolute Gasteiger partial charge is 0.480 e. The number of aromatic nitrogens is 4. The number of halogens is 3. The van der Waals surface area contributed by atoms with Gasteiger partial charge in [0.15, 0.2) is 16.4 Å². The van der Waals surface area contributed by atoms with Gasteiger partial charge in [0, 0.05) is 10.5 Å². The van der Waals surface area contributed by atoms with E-state index in [1.807, 2.05) is 6.92 Å². The summed E-state index contributed by atoms with van der Waals surface area (Å²) in [5.74, 6) is -0.781. The van der Waals surface area contributed by atoms with E-state index < -0.39 is 33.4 Å². The highest BCUT2D eigenvalue weighted by Gasteiger charge is 2.41. The molecule has 0 saturated heterocycles. The Hall–Kier alpha value is -2.88. The first-order chi connectivity index (χ1) is 13.2. The summed E-state index contributed by atoms with van der Waals surface area (Å²) in [6, 6.07) is 6.33. The minimum Gasteiger partial charge on any atom is -0.480 e. The molecule has 0 aliphatic carbocycles. The van der Waals surface area contributed by atoms with Crippen molar-refractivity contribution in [2.24, 2.45) is 0 Å². The standard InChI is InChI=1S/C18H15F3N4O2S/c1-10-4-6-12(7-5-10)28(26)17-14(18(19,20)21)16(27-3)24-15(25-17)13-9-23-22-8-11(13)2/h4-9H,1-3H3. The lowest BCUT2D eigenvalue weighted by Gasteiger charge is -2.16. The lowest BCUT2D eigenvalue weighted by Crippen LogP contribution is -2.16. The summed E-state index contributed by atoms with van der Waals surface area (Å²) >= 11 is 0. The normalized spacial score (nSPS) is 12.6. The molecular weight excluding hydrogens is 393 g/mol. The Bertz CT molecular complexity index is 1040. The van der Waals surface area contributed by atoms with Crippen LogP contribution < -0.4 is 4.74 Å². The van der Waals surface area contributed by atoms with Gasteiger partial charge in [-0.2, -0.15) is 28.4 Å². The zero-order chi connectivity index (χ0) is 20.5. The summed E-state index contributed by atoms with van der Waals surface area (Å²) in [6.45, 7) is 3.51. The van der Waals surface area contributed by atoms with Gasteiger partial charge in [-0.05, 0) is 31.5 Å². The minimum absolute atomic E-state index is 0.0762. The molecule has 10 heteroatoms. The topological polar surface area (TPSA) is 77.9 Å². The molecule has 0 bridgehead atoms. The molecule has 1 aromatic carbocycles. The fraction of sp³-hybridized carbons (Fsp3) is 0.222. The number of rotatable bonds is 4. The molecule has 0 amide bonds. The average molecular weight is 408 g/mol. The first-order valence-electron chi connectivity index (χ1n) is 8.01. The number of benzene rings is 1. The molecule has 146 valence electrons. The highest BCUT2D eigenvalue weighted by molar-refractivity contribution is 7.85. The van der Waals surface area contributed by atoms with Crippen molar-refractivity contribution in [3.63, 3.8) is 0 Å². The number of methoxy groups -OCH3 is 1. The first-order valence-corrected chi connectivity index (χ1v) is 9.16. The molecule has 28 heavy (non-hydrogen) atoms. The van der Waals surface area contributed by atoms with Crippen LogP contribution in [-0.4, -0.2) is 31.5 Å². The van der Waals surface area contributed by atoms with Crippen molar-refractivity contribution in [1.82, 2.24) is 20.2 Å². The Labute approximate surface area is 161 Å². The number of ether oxygens (including phenoxy) is 1. The van der Waals surface area contributed by atoms with Crippen LogP contribution in [0.25, 0.3) is 11.4 Å². The van der Waals surface area contributed by atoms with E-state index in [9.17, 15) is 17.4 Å². The summed E-state index contributed by atoms with van der Waals surface area (Å²) < 4.78 is 59.1. The van der Waals surface area contributed by atoms with E-state index in [-0.39, 0.29) is 10.7 Å². The third-order valence-corrected chi connectivity index (χ3v) is 5.25. The molecule has 0 fully saturated rings. The van der Waals surface area contributed by atoms with E-state index in [0.29, 0.717) is 11.1 Å². The fourth-order valence-electron chi connectivity index (χ4n) is 2.46. The monoisotopic (exact) mass is 408 g/mol. The van der Waals surface area contributed by atoms with Gasteiger partial charge < -0.3 is 4.74 Å². The van der Waals surface area contributed by atoms with Crippen molar-refractivity contribution in [1.29, 1.82) is 0 Å². The third-order valence-electron chi connectivity index (χ3n) is 3.90. The van der Waals surface area contributed by atoms with Gasteiger partial charge in [0.1, 0.15) is 10.8 Å². The molecular formula is C18H15F3N4O2S. The van der Waals surface area contributed by atoms with E-state index in [1.54, 1.807) is 19.1 Å². The molecule has 0 spiro atoms. The molecule has 0 aliphatic heterocycles. The number of nitrogens with zero attached hydrogens (tertiary/aromatic N) is 4. The van der Waals surface area contributed by atoms with Crippen molar-refractivity contribution in [3.8, 4) is 17.3 Å². The van der Waals surface area contributed by atoms with Gasteiger partial charge in [-0.15, -0.1) is 0 Å². The van der Waals surface area contributed by atoms with Gasteiger partial charge in [-0.1, -0.05) is 17.7 Å². The Morgan fingerprint density at radius 2 is 1.64 bits per heavy atom. The molecule has 0 aliphatic rings. The SMILES string of the molecule is COc1nc(-c2cnncc2C)nc(S(=O)c2ccc(C)cc2)c1C(F)(F)F. The van der Waals surface area contributed by atoms with E-state index in [4.69, 9.17) is 4.74 Å². The molecule has 0 radical (unpaired) electrons. The van der Waals surface area contributed by atoms with Crippen molar-refractivity contribution in [2.45, 2.75) is 29.9 Å². The van der Waals surface area contributed by atoms with Gasteiger partial charge in [0.25, 0.3) is 0 Å². The van der Waals surface area contributed by atoms with Crippen LogP contribution in [0.1, 0.15) is 16.7 Å². The number of hydrogen-bond donors (Lipinski definition) is 0. The maximum Gasteiger partial charge on any atom is 0.424 e. The number of hydrogen-bond acceptors (Lipinski definition) is 6. The van der Waals surface area contributed by atoms with Crippen LogP contribution >= 0.6 is 0 Å². The Kier molecular flexibility index (Phi) is 5.41. The summed E-state index contributed by atoms with van der Waals surface area (Å²) in [6.07, 6.45) is -2.10. The highest BCUT2D eigenvalue weighted by atomic mass is 32.2. The molecule has 1 unspecified atom stereocenters. The number of aryl methyl sites for hydroxylation is 2. The number of alkyl halides is 3. The second-order valence-electron chi connectivity index (χ2n) is 5.90. The molecule has 0 N–H and O–H groups in total. The predicted molar refractivity (Wildman–Crippen MR) is 95.2 cm³/mol. The van der Waals surface area contributed by atoms with Crippen LogP contribution in [0.15, 0.2) is 46.6 Å². The van der Waals surface area contributed by atoms with E-state index in [2.05, 4.69) is 20.2 Å². The summed E-state index contributed by atoms with van der Waals surface area (Å²) in [5, 5.41) is 6.76. The maximum atomic E-state index is 13.7. The molecule has 6 nitrogen and oxygen atoms in total. The Morgan fingerprint density at radius 3 is 2.21 bits per heavy atom. The second-order valence-corrected chi connectivity index (χ2v) is 7.30. The second kappa shape index (κ2) is 7.63. The highest BCUT2D eigenvalue weighted by Crippen LogP contribution is 2.40. The maximum absolute atomic E-state index is 13.7. The van der Waals surface area contributed by atoms with Crippen LogP contribution in [0, 0.1) is 13.8 Å². The van der Waals surface area contributed by atoms with Crippen molar-refractivity contribution < 1.29 is 22.1 Å². The zero-order valence-corrected chi connectivity index (χ0v) is 15.9. The van der Waals surface area contributed by atoms with E-state index >= 15 is 0 Å². The zero-order valence-electron chi connectivity index (χ0n) is 15.1. The molecule has 2 aromatic heterocycles. The summed E-state index contributed by atoms with van der Waals surface area (Å²) in [7, 11) is -1.14.